The Balaban J connectivity index is 2.10. The molecule has 0 aromatic heterocycles. The molecule has 1 saturated heterocycles. The summed E-state index contributed by atoms with van der Waals surface area (Å²) in [5.41, 5.74) is 5.94. The molecule has 1 aliphatic heterocycles. The van der Waals surface area contributed by atoms with Crippen LogP contribution in [0.3, 0.4) is 0 Å². The van der Waals surface area contributed by atoms with Gasteiger partial charge in [-0.25, -0.2) is 10.9 Å². The monoisotopic (exact) mass is 143 g/mol. The van der Waals surface area contributed by atoms with Gasteiger partial charge < -0.3 is 5.32 Å². The van der Waals surface area contributed by atoms with E-state index >= 15 is 0 Å². The summed E-state index contributed by atoms with van der Waals surface area (Å²) in [6.45, 7) is 2.02. The molecule has 4 heteroatoms. The number of carbonyl (C=O) groups is 1. The lowest BCUT2D eigenvalue weighted by Crippen LogP contribution is -2.21. The second-order valence-corrected chi connectivity index (χ2v) is 2.76. The van der Waals surface area contributed by atoms with Crippen molar-refractivity contribution < 1.29 is 4.79 Å². The number of hydrogen-bond acceptors (Lipinski definition) is 3. The lowest BCUT2D eigenvalue weighted by atomic mass is 10.1. The van der Waals surface area contributed by atoms with Crippen molar-refractivity contribution in [3.05, 3.63) is 0 Å². The van der Waals surface area contributed by atoms with Crippen LogP contribution in [-0.2, 0) is 4.79 Å². The lowest BCUT2D eigenvalue weighted by Gasteiger charge is -2.02. The van der Waals surface area contributed by atoms with Crippen LogP contribution in [0.25, 0.3) is 0 Å². The maximum Gasteiger partial charge on any atom is 0.219 e. The van der Waals surface area contributed by atoms with Gasteiger partial charge in [0.1, 0.15) is 0 Å². The summed E-state index contributed by atoms with van der Waals surface area (Å²) in [5, 5.41) is 2.57. The van der Waals surface area contributed by atoms with Crippen LogP contribution in [0.2, 0.25) is 0 Å². The fourth-order valence-electron chi connectivity index (χ4n) is 0.720. The van der Waals surface area contributed by atoms with Gasteiger partial charge in [0, 0.05) is 13.5 Å². The highest BCUT2D eigenvalue weighted by atomic mass is 16.1. The summed E-state index contributed by atoms with van der Waals surface area (Å²) >= 11 is 0. The molecular weight excluding hydrogens is 130 g/mol. The third kappa shape index (κ3) is 1.97. The topological polar surface area (TPSA) is 73.0 Å². The summed E-state index contributed by atoms with van der Waals surface area (Å²) in [4.78, 5) is 10.7. The smallest absolute Gasteiger partial charge is 0.219 e. The summed E-state index contributed by atoms with van der Waals surface area (Å²) in [5.74, 6) is 0.0942. The number of nitrogens with one attached hydrogen (secondary N) is 3. The fourth-order valence-corrected chi connectivity index (χ4v) is 0.720. The molecule has 0 spiro atoms. The molecule has 0 aromatic rings. The Kier molecular flexibility index (Phi) is 1.92. The molecule has 58 valence electrons. The van der Waals surface area contributed by atoms with Gasteiger partial charge in [0.05, 0.1) is 5.66 Å². The molecule has 0 saturated carbocycles. The van der Waals surface area contributed by atoms with Gasteiger partial charge in [-0.1, -0.05) is 0 Å². The number of hydrogen-bond donors (Lipinski definition) is 3. The van der Waals surface area contributed by atoms with Crippen LogP contribution >= 0.6 is 0 Å². The maximum atomic E-state index is 10.7. The fraction of sp³-hybridized carbons (Fsp3) is 0.833. The zero-order valence-electron chi connectivity index (χ0n) is 6.32. The zero-order valence-corrected chi connectivity index (χ0v) is 6.32. The maximum absolute atomic E-state index is 10.7. The zero-order chi connectivity index (χ0) is 7.61. The van der Waals surface area contributed by atoms with Crippen molar-refractivity contribution in [2.24, 2.45) is 0 Å². The molecule has 0 unspecified atom stereocenters. The number of rotatable bonds is 3. The highest BCUT2D eigenvalue weighted by Crippen LogP contribution is 2.15. The minimum absolute atomic E-state index is 0.0203. The Morgan fingerprint density at radius 3 is 2.60 bits per heavy atom. The molecule has 10 heavy (non-hydrogen) atoms. The molecule has 0 bridgehead atoms. The van der Waals surface area contributed by atoms with E-state index in [4.69, 9.17) is 0 Å². The van der Waals surface area contributed by atoms with E-state index in [1.165, 1.54) is 0 Å². The highest BCUT2D eigenvalue weighted by molar-refractivity contribution is 5.75. The molecule has 1 aliphatic rings. The number of hydrazine groups is 1. The molecule has 0 aromatic carbocycles. The van der Waals surface area contributed by atoms with Crippen molar-refractivity contribution in [1.29, 1.82) is 0 Å². The van der Waals surface area contributed by atoms with E-state index in [1.807, 2.05) is 6.92 Å². The lowest BCUT2D eigenvalue weighted by molar-refractivity contribution is -0.120. The van der Waals surface area contributed by atoms with E-state index in [0.717, 1.165) is 6.42 Å². The Hall–Kier alpha value is -0.610. The normalized spacial score (nSPS) is 20.2. The van der Waals surface area contributed by atoms with Gasteiger partial charge in [-0.15, -0.1) is 0 Å². The van der Waals surface area contributed by atoms with E-state index in [1.54, 1.807) is 7.05 Å². The predicted molar refractivity (Wildman–Crippen MR) is 38.0 cm³/mol. The van der Waals surface area contributed by atoms with Crippen LogP contribution in [-0.4, -0.2) is 18.6 Å². The van der Waals surface area contributed by atoms with Crippen molar-refractivity contribution in [1.82, 2.24) is 16.2 Å². The van der Waals surface area contributed by atoms with E-state index in [9.17, 15) is 4.79 Å². The van der Waals surface area contributed by atoms with Gasteiger partial charge in [-0.2, -0.15) is 0 Å². The molecule has 0 radical (unpaired) electrons. The van der Waals surface area contributed by atoms with E-state index in [2.05, 4.69) is 16.2 Å². The van der Waals surface area contributed by atoms with Gasteiger partial charge in [0.25, 0.3) is 0 Å². The first-order chi connectivity index (χ1) is 4.66. The molecule has 3 N–H and O–H groups in total. The first-order valence-corrected chi connectivity index (χ1v) is 3.41. The number of carbonyl (C=O) groups excluding carboxylic acids is 1. The van der Waals surface area contributed by atoms with E-state index < -0.39 is 0 Å². The van der Waals surface area contributed by atoms with Crippen LogP contribution in [0.5, 0.6) is 0 Å². The Morgan fingerprint density at radius 2 is 2.20 bits per heavy atom. The largest absolute Gasteiger partial charge is 0.359 e. The average molecular weight is 143 g/mol. The van der Waals surface area contributed by atoms with Crippen molar-refractivity contribution in [2.45, 2.75) is 25.4 Å². The standard InChI is InChI=1S/C6H13N3O/c1-6(8-9-6)4-3-5(10)7-2/h8-9H,3-4H2,1-2H3,(H,7,10). The minimum Gasteiger partial charge on any atom is -0.359 e. The second kappa shape index (κ2) is 2.56. The van der Waals surface area contributed by atoms with Gasteiger partial charge in [-0.05, 0) is 13.3 Å². The first-order valence-electron chi connectivity index (χ1n) is 3.41. The number of amides is 1. The Morgan fingerprint density at radius 1 is 1.60 bits per heavy atom. The average Bonchev–Trinajstić information content (AvgIpc) is 2.64. The molecule has 1 amide bonds. The van der Waals surface area contributed by atoms with Crippen molar-refractivity contribution >= 4 is 5.91 Å². The molecule has 1 rings (SSSR count). The molecule has 0 atom stereocenters. The summed E-state index contributed by atoms with van der Waals surface area (Å²) in [6, 6.07) is 0. The quantitative estimate of drug-likeness (QED) is 0.459. The first kappa shape index (κ1) is 7.50. The molecular formula is C6H13N3O. The molecule has 4 nitrogen and oxygen atoms in total. The highest BCUT2D eigenvalue weighted by Gasteiger charge is 2.35. The summed E-state index contributed by atoms with van der Waals surface area (Å²) in [7, 11) is 1.65. The summed E-state index contributed by atoms with van der Waals surface area (Å²) < 4.78 is 0. The Bertz CT molecular complexity index is 142. The SMILES string of the molecule is CNC(=O)CCC1(C)NN1. The Labute approximate surface area is 60.3 Å². The molecule has 1 fully saturated rings. The van der Waals surface area contributed by atoms with Crippen molar-refractivity contribution in [3.63, 3.8) is 0 Å². The minimum atomic E-state index is 0.0203. The van der Waals surface area contributed by atoms with Crippen LogP contribution in [0.1, 0.15) is 19.8 Å². The predicted octanol–water partition coefficient (Wildman–Crippen LogP) is -0.663. The van der Waals surface area contributed by atoms with Crippen LogP contribution in [0.4, 0.5) is 0 Å². The van der Waals surface area contributed by atoms with Crippen molar-refractivity contribution in [2.75, 3.05) is 7.05 Å². The van der Waals surface area contributed by atoms with E-state index in [-0.39, 0.29) is 11.6 Å². The third-order valence-electron chi connectivity index (χ3n) is 1.68. The van der Waals surface area contributed by atoms with Crippen LogP contribution in [0, 0.1) is 0 Å². The van der Waals surface area contributed by atoms with Gasteiger partial charge >= 0.3 is 0 Å². The third-order valence-corrected chi connectivity index (χ3v) is 1.68. The molecule has 1 heterocycles. The summed E-state index contributed by atoms with van der Waals surface area (Å²) in [6.07, 6.45) is 1.42. The second-order valence-electron chi connectivity index (χ2n) is 2.76. The van der Waals surface area contributed by atoms with Crippen LogP contribution < -0.4 is 16.2 Å². The van der Waals surface area contributed by atoms with Gasteiger partial charge in [0.15, 0.2) is 0 Å². The van der Waals surface area contributed by atoms with Gasteiger partial charge in [0.2, 0.25) is 5.91 Å². The van der Waals surface area contributed by atoms with E-state index in [0.29, 0.717) is 6.42 Å². The van der Waals surface area contributed by atoms with Crippen LogP contribution in [0.15, 0.2) is 0 Å². The van der Waals surface area contributed by atoms with Gasteiger partial charge in [-0.3, -0.25) is 4.79 Å². The molecule has 0 aliphatic carbocycles. The van der Waals surface area contributed by atoms with Crippen molar-refractivity contribution in [3.8, 4) is 0 Å².